The van der Waals surface area contributed by atoms with E-state index in [1.54, 1.807) is 0 Å². The Morgan fingerprint density at radius 1 is 1.47 bits per heavy atom. The minimum atomic E-state index is 0.560. The molecule has 0 spiro atoms. The van der Waals surface area contributed by atoms with Crippen LogP contribution in [0, 0.1) is 18.8 Å². The Balaban J connectivity index is 2.12. The maximum absolute atomic E-state index is 6.30. The third-order valence-corrected chi connectivity index (χ3v) is 4.58. The number of aryl methyl sites for hydroxylation is 2. The van der Waals surface area contributed by atoms with Crippen LogP contribution in [0.4, 0.5) is 0 Å². The van der Waals surface area contributed by atoms with Gasteiger partial charge in [-0.3, -0.25) is 4.68 Å². The van der Waals surface area contributed by atoms with Gasteiger partial charge in [-0.25, -0.2) is 0 Å². The maximum Gasteiger partial charge on any atom is 0.0847 e. The molecule has 0 aromatic carbocycles. The van der Waals surface area contributed by atoms with Gasteiger partial charge in [0.2, 0.25) is 0 Å². The molecule has 0 saturated heterocycles. The number of aromatic nitrogens is 2. The molecule has 3 nitrogen and oxygen atoms in total. The summed E-state index contributed by atoms with van der Waals surface area (Å²) in [5.41, 5.74) is 8.00. The zero-order valence-electron chi connectivity index (χ0n) is 10.7. The van der Waals surface area contributed by atoms with Gasteiger partial charge in [0.1, 0.15) is 0 Å². The fourth-order valence-electron chi connectivity index (χ4n) is 3.02. The lowest BCUT2D eigenvalue weighted by Crippen LogP contribution is -2.25. The molecule has 0 radical (unpaired) electrons. The lowest BCUT2D eigenvalue weighted by atomic mass is 9.87. The van der Waals surface area contributed by atoms with Crippen molar-refractivity contribution in [2.24, 2.45) is 24.6 Å². The molecule has 2 N–H and O–H groups in total. The van der Waals surface area contributed by atoms with Crippen LogP contribution < -0.4 is 5.73 Å². The zero-order chi connectivity index (χ0) is 12.4. The molecule has 96 valence electrons. The SMILES string of the molecule is Cc1nn(C)c(CC(CN)C2CCCC2)c1Cl. The number of hydrogen-bond donors (Lipinski definition) is 1. The Hall–Kier alpha value is -0.540. The molecular weight excluding hydrogens is 234 g/mol. The van der Waals surface area contributed by atoms with Gasteiger partial charge >= 0.3 is 0 Å². The molecule has 17 heavy (non-hydrogen) atoms. The molecule has 4 heteroatoms. The summed E-state index contributed by atoms with van der Waals surface area (Å²) in [6, 6.07) is 0. The van der Waals surface area contributed by atoms with Crippen molar-refractivity contribution in [2.45, 2.75) is 39.0 Å². The summed E-state index contributed by atoms with van der Waals surface area (Å²) in [5.74, 6) is 1.34. The van der Waals surface area contributed by atoms with E-state index in [4.69, 9.17) is 17.3 Å². The van der Waals surface area contributed by atoms with Gasteiger partial charge in [0, 0.05) is 7.05 Å². The standard InChI is InChI=1S/C13H22ClN3/c1-9-13(14)12(17(2)16-9)7-11(8-15)10-5-3-4-6-10/h10-11H,3-8,15H2,1-2H3. The second kappa shape index (κ2) is 5.40. The van der Waals surface area contributed by atoms with E-state index in [1.807, 2.05) is 18.7 Å². The van der Waals surface area contributed by atoms with Gasteiger partial charge in [0.25, 0.3) is 0 Å². The summed E-state index contributed by atoms with van der Waals surface area (Å²) in [4.78, 5) is 0. The second-order valence-corrected chi connectivity index (χ2v) is 5.59. The molecule has 1 aromatic heterocycles. The van der Waals surface area contributed by atoms with Crippen LogP contribution in [0.2, 0.25) is 5.02 Å². The van der Waals surface area contributed by atoms with Gasteiger partial charge in [0.05, 0.1) is 16.4 Å². The molecule has 1 heterocycles. The molecule has 1 atom stereocenters. The Bertz CT molecular complexity index is 380. The monoisotopic (exact) mass is 255 g/mol. The molecule has 0 amide bonds. The molecule has 0 aliphatic heterocycles. The second-order valence-electron chi connectivity index (χ2n) is 5.21. The first-order chi connectivity index (χ1) is 8.13. The Morgan fingerprint density at radius 2 is 2.12 bits per heavy atom. The quantitative estimate of drug-likeness (QED) is 0.899. The third-order valence-electron chi connectivity index (χ3n) is 4.09. The highest BCUT2D eigenvalue weighted by Gasteiger charge is 2.26. The highest BCUT2D eigenvalue weighted by atomic mass is 35.5. The summed E-state index contributed by atoms with van der Waals surface area (Å²) < 4.78 is 1.91. The lowest BCUT2D eigenvalue weighted by Gasteiger charge is -2.21. The van der Waals surface area contributed by atoms with E-state index in [2.05, 4.69) is 5.10 Å². The van der Waals surface area contributed by atoms with Gasteiger partial charge in [-0.05, 0) is 31.7 Å². The van der Waals surface area contributed by atoms with Crippen molar-refractivity contribution in [1.29, 1.82) is 0 Å². The number of hydrogen-bond acceptors (Lipinski definition) is 2. The molecule has 0 bridgehead atoms. The fraction of sp³-hybridized carbons (Fsp3) is 0.769. The zero-order valence-corrected chi connectivity index (χ0v) is 11.5. The van der Waals surface area contributed by atoms with Crippen LogP contribution in [0.1, 0.15) is 37.1 Å². The highest BCUT2D eigenvalue weighted by molar-refractivity contribution is 6.31. The number of rotatable bonds is 4. The molecule has 1 aliphatic carbocycles. The summed E-state index contributed by atoms with van der Waals surface area (Å²) in [6.07, 6.45) is 6.35. The predicted molar refractivity (Wildman–Crippen MR) is 71.2 cm³/mol. The molecule has 1 aromatic rings. The van der Waals surface area contributed by atoms with Crippen molar-refractivity contribution < 1.29 is 0 Å². The highest BCUT2D eigenvalue weighted by Crippen LogP contribution is 2.34. The number of halogens is 1. The van der Waals surface area contributed by atoms with Gasteiger partial charge in [-0.2, -0.15) is 5.10 Å². The van der Waals surface area contributed by atoms with E-state index < -0.39 is 0 Å². The van der Waals surface area contributed by atoms with Crippen LogP contribution in [0.25, 0.3) is 0 Å². The van der Waals surface area contributed by atoms with Crippen molar-refractivity contribution in [2.75, 3.05) is 6.54 Å². The minimum absolute atomic E-state index is 0.560. The van der Waals surface area contributed by atoms with Gasteiger partial charge < -0.3 is 5.73 Å². The summed E-state index contributed by atoms with van der Waals surface area (Å²) in [7, 11) is 1.97. The van der Waals surface area contributed by atoms with Gasteiger partial charge in [0.15, 0.2) is 0 Å². The van der Waals surface area contributed by atoms with E-state index >= 15 is 0 Å². The van der Waals surface area contributed by atoms with Crippen LogP contribution in [-0.4, -0.2) is 16.3 Å². The average molecular weight is 256 g/mol. The maximum atomic E-state index is 6.30. The average Bonchev–Trinajstić information content (AvgIpc) is 2.89. The van der Waals surface area contributed by atoms with Crippen molar-refractivity contribution in [1.82, 2.24) is 9.78 Å². The number of nitrogens with zero attached hydrogens (tertiary/aromatic N) is 2. The summed E-state index contributed by atoms with van der Waals surface area (Å²) in [5, 5.41) is 5.19. The van der Waals surface area contributed by atoms with Crippen molar-refractivity contribution in [3.05, 3.63) is 16.4 Å². The van der Waals surface area contributed by atoms with Crippen molar-refractivity contribution in [3.63, 3.8) is 0 Å². The Kier molecular flexibility index (Phi) is 4.10. The van der Waals surface area contributed by atoms with Crippen LogP contribution in [0.15, 0.2) is 0 Å². The first-order valence-electron chi connectivity index (χ1n) is 6.51. The summed E-state index contributed by atoms with van der Waals surface area (Å²) in [6.45, 7) is 2.71. The van der Waals surface area contributed by atoms with E-state index in [9.17, 15) is 0 Å². The first kappa shape index (κ1) is 12.9. The van der Waals surface area contributed by atoms with Gasteiger partial charge in [-0.15, -0.1) is 0 Å². The Labute approximate surface area is 108 Å². The van der Waals surface area contributed by atoms with Crippen LogP contribution in [-0.2, 0) is 13.5 Å². The lowest BCUT2D eigenvalue weighted by molar-refractivity contribution is 0.338. The minimum Gasteiger partial charge on any atom is -0.330 e. The largest absolute Gasteiger partial charge is 0.330 e. The van der Waals surface area contributed by atoms with Crippen molar-refractivity contribution in [3.8, 4) is 0 Å². The predicted octanol–water partition coefficient (Wildman–Crippen LogP) is 2.69. The topological polar surface area (TPSA) is 43.8 Å². The van der Waals surface area contributed by atoms with E-state index in [0.717, 1.165) is 35.3 Å². The first-order valence-corrected chi connectivity index (χ1v) is 6.89. The van der Waals surface area contributed by atoms with Crippen LogP contribution in [0.5, 0.6) is 0 Å². The fourth-order valence-corrected chi connectivity index (χ4v) is 3.26. The molecule has 2 rings (SSSR count). The van der Waals surface area contributed by atoms with Gasteiger partial charge in [-0.1, -0.05) is 37.3 Å². The van der Waals surface area contributed by atoms with E-state index in [-0.39, 0.29) is 0 Å². The molecular formula is C13H22ClN3. The molecule has 1 aliphatic rings. The van der Waals surface area contributed by atoms with Crippen LogP contribution >= 0.6 is 11.6 Å². The van der Waals surface area contributed by atoms with E-state index in [0.29, 0.717) is 5.92 Å². The normalized spacial score (nSPS) is 18.8. The van der Waals surface area contributed by atoms with Crippen LogP contribution in [0.3, 0.4) is 0 Å². The summed E-state index contributed by atoms with van der Waals surface area (Å²) >= 11 is 6.30. The van der Waals surface area contributed by atoms with E-state index in [1.165, 1.54) is 25.7 Å². The Morgan fingerprint density at radius 3 is 2.59 bits per heavy atom. The molecule has 1 unspecified atom stereocenters. The number of nitrogens with two attached hydrogens (primary N) is 1. The smallest absolute Gasteiger partial charge is 0.0847 e. The molecule has 1 fully saturated rings. The van der Waals surface area contributed by atoms with Crippen molar-refractivity contribution >= 4 is 11.6 Å². The molecule has 1 saturated carbocycles. The third kappa shape index (κ3) is 2.66.